The first kappa shape index (κ1) is 17.4. The van der Waals surface area contributed by atoms with Crippen LogP contribution in [0, 0.1) is 5.41 Å². The number of halogens is 1. The van der Waals surface area contributed by atoms with Gasteiger partial charge in [0.15, 0.2) is 0 Å². The molecule has 2 rings (SSSR count). The van der Waals surface area contributed by atoms with Crippen LogP contribution in [-0.2, 0) is 16.1 Å². The Kier molecular flexibility index (Phi) is 5.00. The third-order valence-electron chi connectivity index (χ3n) is 4.87. The number of amides is 1. The summed E-state index contributed by atoms with van der Waals surface area (Å²) in [6, 6.07) is 7.96. The highest BCUT2D eigenvalue weighted by Gasteiger charge is 2.63. The van der Waals surface area contributed by atoms with E-state index in [9.17, 15) is 4.79 Å². The summed E-state index contributed by atoms with van der Waals surface area (Å²) in [7, 11) is 1.81. The van der Waals surface area contributed by atoms with Crippen molar-refractivity contribution in [2.45, 2.75) is 45.4 Å². The topological polar surface area (TPSA) is 55.6 Å². The van der Waals surface area contributed by atoms with Gasteiger partial charge in [-0.15, -0.1) is 0 Å². The molecule has 1 amide bonds. The fourth-order valence-corrected chi connectivity index (χ4v) is 3.57. The van der Waals surface area contributed by atoms with Gasteiger partial charge in [0.2, 0.25) is 5.91 Å². The number of benzene rings is 1. The van der Waals surface area contributed by atoms with Gasteiger partial charge in [-0.25, -0.2) is 0 Å². The lowest BCUT2D eigenvalue weighted by atomic mass is 9.54. The molecule has 22 heavy (non-hydrogen) atoms. The largest absolute Gasteiger partial charge is 0.378 e. The van der Waals surface area contributed by atoms with Crippen LogP contribution >= 0.6 is 15.9 Å². The molecule has 0 bridgehead atoms. The molecule has 1 aliphatic rings. The zero-order chi connectivity index (χ0) is 16.5. The number of ether oxygens (including phenoxy) is 1. The number of likely N-dealkylation sites (N-methyl/N-ethyl adjacent to an activating group) is 1. The minimum atomic E-state index is -0.854. The average Bonchev–Trinajstić information content (AvgIpc) is 2.46. The molecular weight excluding hydrogens is 344 g/mol. The van der Waals surface area contributed by atoms with Crippen molar-refractivity contribution < 1.29 is 9.53 Å². The van der Waals surface area contributed by atoms with E-state index in [1.807, 2.05) is 52.1 Å². The van der Waals surface area contributed by atoms with Gasteiger partial charge in [-0.05, 0) is 24.6 Å². The first-order chi connectivity index (χ1) is 10.2. The first-order valence-corrected chi connectivity index (χ1v) is 8.42. The number of carbonyl (C=O) groups is 1. The molecule has 1 saturated carbocycles. The Balaban J connectivity index is 2.08. The number of nitrogens with two attached hydrogens (primary N) is 1. The van der Waals surface area contributed by atoms with E-state index >= 15 is 0 Å². The summed E-state index contributed by atoms with van der Waals surface area (Å²) >= 11 is 3.45. The molecule has 0 aromatic heterocycles. The number of nitrogens with zero attached hydrogens (tertiary/aromatic N) is 1. The Labute approximate surface area is 141 Å². The van der Waals surface area contributed by atoms with E-state index in [-0.39, 0.29) is 17.4 Å². The summed E-state index contributed by atoms with van der Waals surface area (Å²) in [5, 5.41) is 0. The lowest BCUT2D eigenvalue weighted by molar-refractivity contribution is -0.178. The molecule has 2 N–H and O–H groups in total. The summed E-state index contributed by atoms with van der Waals surface area (Å²) in [5.74, 6) is -0.0200. The third kappa shape index (κ3) is 2.94. The Morgan fingerprint density at radius 3 is 2.73 bits per heavy atom. The van der Waals surface area contributed by atoms with Crippen LogP contribution in [0.5, 0.6) is 0 Å². The van der Waals surface area contributed by atoms with Gasteiger partial charge in [-0.3, -0.25) is 4.79 Å². The molecule has 1 fully saturated rings. The number of rotatable bonds is 5. The fraction of sp³-hybridized carbons (Fsp3) is 0.588. The van der Waals surface area contributed by atoms with E-state index in [1.165, 1.54) is 0 Å². The lowest BCUT2D eigenvalue weighted by Gasteiger charge is -2.58. The number of hydrogen-bond acceptors (Lipinski definition) is 3. The van der Waals surface area contributed by atoms with Crippen LogP contribution in [-0.4, -0.2) is 36.1 Å². The van der Waals surface area contributed by atoms with Gasteiger partial charge in [0.25, 0.3) is 0 Å². The molecule has 1 aromatic carbocycles. The minimum absolute atomic E-state index is 0.0200. The number of hydrogen-bond donors (Lipinski definition) is 1. The van der Waals surface area contributed by atoms with Crippen LogP contribution in [0.4, 0.5) is 0 Å². The lowest BCUT2D eigenvalue weighted by Crippen LogP contribution is -2.75. The summed E-state index contributed by atoms with van der Waals surface area (Å²) in [6.45, 7) is 7.19. The van der Waals surface area contributed by atoms with Crippen molar-refractivity contribution in [1.29, 1.82) is 0 Å². The highest BCUT2D eigenvalue weighted by molar-refractivity contribution is 9.10. The monoisotopic (exact) mass is 368 g/mol. The molecule has 0 radical (unpaired) electrons. The molecule has 0 aliphatic heterocycles. The Morgan fingerprint density at radius 2 is 2.18 bits per heavy atom. The van der Waals surface area contributed by atoms with Crippen LogP contribution in [0.15, 0.2) is 28.7 Å². The maximum absolute atomic E-state index is 12.8. The van der Waals surface area contributed by atoms with Gasteiger partial charge in [0, 0.05) is 36.5 Å². The standard InChI is InChI=1S/C17H25BrN2O2/c1-5-22-14-10-17(19,16(14,2)3)15(21)20(4)11-12-7-6-8-13(18)9-12/h6-9,14H,5,10-11,19H2,1-4H3. The van der Waals surface area contributed by atoms with Crippen LogP contribution in [0.2, 0.25) is 0 Å². The van der Waals surface area contributed by atoms with Crippen LogP contribution < -0.4 is 5.73 Å². The summed E-state index contributed by atoms with van der Waals surface area (Å²) in [4.78, 5) is 14.5. The summed E-state index contributed by atoms with van der Waals surface area (Å²) in [5.41, 5.74) is 6.32. The Morgan fingerprint density at radius 1 is 1.50 bits per heavy atom. The molecule has 4 nitrogen and oxygen atoms in total. The van der Waals surface area contributed by atoms with E-state index in [0.717, 1.165) is 10.0 Å². The van der Waals surface area contributed by atoms with Gasteiger partial charge < -0.3 is 15.4 Å². The van der Waals surface area contributed by atoms with Gasteiger partial charge >= 0.3 is 0 Å². The van der Waals surface area contributed by atoms with Crippen molar-refractivity contribution >= 4 is 21.8 Å². The maximum Gasteiger partial charge on any atom is 0.243 e. The predicted molar refractivity (Wildman–Crippen MR) is 91.3 cm³/mol. The van der Waals surface area contributed by atoms with Gasteiger partial charge in [0.05, 0.1) is 6.10 Å². The first-order valence-electron chi connectivity index (χ1n) is 7.63. The molecule has 122 valence electrons. The highest BCUT2D eigenvalue weighted by Crippen LogP contribution is 2.50. The molecule has 5 heteroatoms. The third-order valence-corrected chi connectivity index (χ3v) is 5.36. The van der Waals surface area contributed by atoms with E-state index in [4.69, 9.17) is 10.5 Å². The van der Waals surface area contributed by atoms with E-state index in [0.29, 0.717) is 19.6 Å². The fourth-order valence-electron chi connectivity index (χ4n) is 3.12. The second-order valence-corrected chi connectivity index (χ2v) is 7.55. The van der Waals surface area contributed by atoms with Crippen molar-refractivity contribution in [3.63, 3.8) is 0 Å². The van der Waals surface area contributed by atoms with E-state index < -0.39 is 5.54 Å². The Bertz CT molecular complexity index is 561. The molecule has 2 atom stereocenters. The van der Waals surface area contributed by atoms with E-state index in [2.05, 4.69) is 15.9 Å². The Hall–Kier alpha value is -0.910. The molecule has 2 unspecified atom stereocenters. The van der Waals surface area contributed by atoms with Crippen molar-refractivity contribution in [3.05, 3.63) is 34.3 Å². The zero-order valence-electron chi connectivity index (χ0n) is 13.7. The second-order valence-electron chi connectivity index (χ2n) is 6.63. The SMILES string of the molecule is CCOC1CC(N)(C(=O)N(C)Cc2cccc(Br)c2)C1(C)C. The normalized spacial score (nSPS) is 26.4. The van der Waals surface area contributed by atoms with Gasteiger partial charge in [-0.1, -0.05) is 41.9 Å². The van der Waals surface area contributed by atoms with Crippen LogP contribution in [0.3, 0.4) is 0 Å². The quantitative estimate of drug-likeness (QED) is 0.868. The molecule has 0 spiro atoms. The summed E-state index contributed by atoms with van der Waals surface area (Å²) < 4.78 is 6.70. The second kappa shape index (κ2) is 6.30. The summed E-state index contributed by atoms with van der Waals surface area (Å²) in [6.07, 6.45) is 0.626. The molecule has 0 heterocycles. The number of carbonyl (C=O) groups excluding carboxylic acids is 1. The molecule has 1 aliphatic carbocycles. The van der Waals surface area contributed by atoms with Crippen LogP contribution in [0.1, 0.15) is 32.8 Å². The van der Waals surface area contributed by atoms with Crippen molar-refractivity contribution in [3.8, 4) is 0 Å². The van der Waals surface area contributed by atoms with E-state index in [1.54, 1.807) is 4.90 Å². The highest BCUT2D eigenvalue weighted by atomic mass is 79.9. The smallest absolute Gasteiger partial charge is 0.243 e. The van der Waals surface area contributed by atoms with Gasteiger partial charge in [0.1, 0.15) is 5.54 Å². The van der Waals surface area contributed by atoms with Crippen molar-refractivity contribution in [2.75, 3.05) is 13.7 Å². The van der Waals surface area contributed by atoms with Crippen molar-refractivity contribution in [1.82, 2.24) is 4.90 Å². The zero-order valence-corrected chi connectivity index (χ0v) is 15.3. The van der Waals surface area contributed by atoms with Crippen LogP contribution in [0.25, 0.3) is 0 Å². The predicted octanol–water partition coefficient (Wildman–Crippen LogP) is 2.94. The minimum Gasteiger partial charge on any atom is -0.378 e. The molecular formula is C17H25BrN2O2. The van der Waals surface area contributed by atoms with Crippen molar-refractivity contribution in [2.24, 2.45) is 11.1 Å². The maximum atomic E-state index is 12.8. The molecule has 0 saturated heterocycles. The average molecular weight is 369 g/mol. The van der Waals surface area contributed by atoms with Gasteiger partial charge in [-0.2, -0.15) is 0 Å². The molecule has 1 aromatic rings.